The number of piperidine rings is 1. The van der Waals surface area contributed by atoms with Crippen molar-refractivity contribution in [2.24, 2.45) is 0 Å². The number of likely N-dealkylation sites (tertiary alicyclic amines) is 1. The van der Waals surface area contributed by atoms with E-state index in [1.807, 2.05) is 18.2 Å². The van der Waals surface area contributed by atoms with Gasteiger partial charge in [0.25, 0.3) is 5.91 Å². The molecule has 0 atom stereocenters. The summed E-state index contributed by atoms with van der Waals surface area (Å²) in [5.41, 5.74) is 1.76. The van der Waals surface area contributed by atoms with Crippen LogP contribution in [0.25, 0.3) is 0 Å². The molecule has 2 aliphatic heterocycles. The van der Waals surface area contributed by atoms with Crippen molar-refractivity contribution in [1.82, 2.24) is 15.2 Å². The van der Waals surface area contributed by atoms with Gasteiger partial charge in [0.05, 0.1) is 11.5 Å². The maximum absolute atomic E-state index is 12.6. The molecule has 2 aromatic rings. The Kier molecular flexibility index (Phi) is 5.43. The molecule has 0 bridgehead atoms. The fourth-order valence-electron chi connectivity index (χ4n) is 3.89. The van der Waals surface area contributed by atoms with Gasteiger partial charge in [0.1, 0.15) is 12.2 Å². The number of aliphatic hydroxyl groups excluding tert-OH is 1. The Balaban J connectivity index is 1.48. The first-order valence-corrected chi connectivity index (χ1v) is 10.3. The Morgan fingerprint density at radius 2 is 2.04 bits per heavy atom. The Bertz CT molecular complexity index is 860. The molecule has 0 aromatic carbocycles. The topological polar surface area (TPSA) is 91.8 Å². The second-order valence-electron chi connectivity index (χ2n) is 7.13. The SMILES string of the molecule is O=C(NCc1ccncc1)c1cc2c(s1)C1(CCN(C(=O)CO)CC1)OCC2. The van der Waals surface area contributed by atoms with Gasteiger partial charge in [-0.25, -0.2) is 0 Å². The fraction of sp³-hybridized carbons (Fsp3) is 0.450. The van der Waals surface area contributed by atoms with Gasteiger partial charge < -0.3 is 20.1 Å². The van der Waals surface area contributed by atoms with Crippen molar-refractivity contribution in [2.45, 2.75) is 31.4 Å². The summed E-state index contributed by atoms with van der Waals surface area (Å²) in [7, 11) is 0. The molecule has 2 aromatic heterocycles. The van der Waals surface area contributed by atoms with Crippen LogP contribution in [0.15, 0.2) is 30.6 Å². The van der Waals surface area contributed by atoms with Gasteiger partial charge in [0, 0.05) is 36.9 Å². The first-order valence-electron chi connectivity index (χ1n) is 9.44. The second-order valence-corrected chi connectivity index (χ2v) is 8.19. The molecule has 2 amide bonds. The Morgan fingerprint density at radius 1 is 1.29 bits per heavy atom. The highest BCUT2D eigenvalue weighted by Gasteiger charge is 2.43. The van der Waals surface area contributed by atoms with Crippen molar-refractivity contribution in [3.63, 3.8) is 0 Å². The molecule has 148 valence electrons. The smallest absolute Gasteiger partial charge is 0.261 e. The molecule has 28 heavy (non-hydrogen) atoms. The van der Waals surface area contributed by atoms with E-state index in [9.17, 15) is 9.59 Å². The molecule has 1 fully saturated rings. The molecule has 0 unspecified atom stereocenters. The number of rotatable bonds is 4. The summed E-state index contributed by atoms with van der Waals surface area (Å²) in [5.74, 6) is -0.326. The number of carbonyl (C=O) groups is 2. The largest absolute Gasteiger partial charge is 0.387 e. The number of pyridine rings is 1. The Morgan fingerprint density at radius 3 is 2.75 bits per heavy atom. The standard InChI is InChI=1S/C20H23N3O4S/c24-13-17(25)23-8-4-20(5-9-23)18-15(3-10-27-20)11-16(28-18)19(26)22-12-14-1-6-21-7-2-14/h1-2,6-7,11,24H,3-5,8-10,12-13H2,(H,22,26). The van der Waals surface area contributed by atoms with Gasteiger partial charge in [0.2, 0.25) is 5.91 Å². The highest BCUT2D eigenvalue weighted by atomic mass is 32.1. The number of amides is 2. The summed E-state index contributed by atoms with van der Waals surface area (Å²) < 4.78 is 6.19. The summed E-state index contributed by atoms with van der Waals surface area (Å²) in [6, 6.07) is 5.74. The van der Waals surface area contributed by atoms with Crippen molar-refractivity contribution >= 4 is 23.2 Å². The molecule has 0 radical (unpaired) electrons. The van der Waals surface area contributed by atoms with Crippen LogP contribution in [0.1, 0.15) is 38.5 Å². The average Bonchev–Trinajstić information content (AvgIpc) is 3.19. The van der Waals surface area contributed by atoms with E-state index >= 15 is 0 Å². The maximum Gasteiger partial charge on any atom is 0.261 e. The Labute approximate surface area is 167 Å². The number of hydrogen-bond acceptors (Lipinski definition) is 6. The summed E-state index contributed by atoms with van der Waals surface area (Å²) in [6.45, 7) is 1.74. The number of fused-ring (bicyclic) bond motifs is 2. The van der Waals surface area contributed by atoms with E-state index in [0.29, 0.717) is 44.0 Å². The molecule has 0 saturated carbocycles. The molecule has 4 heterocycles. The van der Waals surface area contributed by atoms with E-state index in [2.05, 4.69) is 10.3 Å². The van der Waals surface area contributed by atoms with Gasteiger partial charge >= 0.3 is 0 Å². The summed E-state index contributed by atoms with van der Waals surface area (Å²) in [4.78, 5) is 31.9. The number of hydrogen-bond donors (Lipinski definition) is 2. The van der Waals surface area contributed by atoms with Crippen LogP contribution < -0.4 is 5.32 Å². The molecular formula is C20H23N3O4S. The third kappa shape index (κ3) is 3.67. The van der Waals surface area contributed by atoms with Crippen LogP contribution in [-0.2, 0) is 28.1 Å². The summed E-state index contributed by atoms with van der Waals surface area (Å²) in [5, 5.41) is 12.0. The molecular weight excluding hydrogens is 378 g/mol. The van der Waals surface area contributed by atoms with Gasteiger partial charge in [0.15, 0.2) is 0 Å². The Hall–Kier alpha value is -2.29. The first-order chi connectivity index (χ1) is 13.6. The predicted octanol–water partition coefficient (Wildman–Crippen LogP) is 1.46. The third-order valence-electron chi connectivity index (χ3n) is 5.46. The van der Waals surface area contributed by atoms with E-state index in [0.717, 1.165) is 16.9 Å². The quantitative estimate of drug-likeness (QED) is 0.809. The van der Waals surface area contributed by atoms with Crippen LogP contribution >= 0.6 is 11.3 Å². The highest BCUT2D eigenvalue weighted by molar-refractivity contribution is 7.14. The molecule has 7 nitrogen and oxygen atoms in total. The molecule has 1 saturated heterocycles. The van der Waals surface area contributed by atoms with E-state index in [1.54, 1.807) is 17.3 Å². The lowest BCUT2D eigenvalue weighted by Crippen LogP contribution is -2.48. The van der Waals surface area contributed by atoms with Crippen molar-refractivity contribution < 1.29 is 19.4 Å². The summed E-state index contributed by atoms with van der Waals surface area (Å²) >= 11 is 1.50. The zero-order valence-corrected chi connectivity index (χ0v) is 16.3. The highest BCUT2D eigenvalue weighted by Crippen LogP contribution is 2.45. The van der Waals surface area contributed by atoms with Crippen molar-refractivity contribution in [3.05, 3.63) is 51.5 Å². The molecule has 4 rings (SSSR count). The van der Waals surface area contributed by atoms with Gasteiger partial charge in [-0.2, -0.15) is 0 Å². The van der Waals surface area contributed by atoms with Crippen molar-refractivity contribution in [2.75, 3.05) is 26.3 Å². The third-order valence-corrected chi connectivity index (χ3v) is 6.82. The minimum Gasteiger partial charge on any atom is -0.387 e. The maximum atomic E-state index is 12.6. The van der Waals surface area contributed by atoms with Crippen LogP contribution in [0.3, 0.4) is 0 Å². The van der Waals surface area contributed by atoms with E-state index in [-0.39, 0.29) is 11.8 Å². The lowest BCUT2D eigenvalue weighted by Gasteiger charge is -2.43. The van der Waals surface area contributed by atoms with Crippen LogP contribution in [0.2, 0.25) is 0 Å². The van der Waals surface area contributed by atoms with Gasteiger partial charge in [-0.3, -0.25) is 14.6 Å². The first kappa shape index (κ1) is 19.0. The number of ether oxygens (including phenoxy) is 1. The van der Waals surface area contributed by atoms with Gasteiger partial charge in [-0.1, -0.05) is 0 Å². The van der Waals surface area contributed by atoms with Gasteiger partial charge in [-0.05, 0) is 48.6 Å². The monoisotopic (exact) mass is 401 g/mol. The average molecular weight is 401 g/mol. The lowest BCUT2D eigenvalue weighted by molar-refractivity contribution is -0.143. The van der Waals surface area contributed by atoms with Crippen LogP contribution in [-0.4, -0.2) is 53.1 Å². The number of thiophene rings is 1. The van der Waals surface area contributed by atoms with Crippen molar-refractivity contribution in [1.29, 1.82) is 0 Å². The second kappa shape index (κ2) is 7.98. The molecule has 2 N–H and O–H groups in total. The minimum atomic E-state index is -0.458. The summed E-state index contributed by atoms with van der Waals surface area (Å²) in [6.07, 6.45) is 5.58. The molecule has 0 aliphatic carbocycles. The fourth-order valence-corrected chi connectivity index (χ4v) is 5.22. The number of aromatic nitrogens is 1. The number of nitrogens with one attached hydrogen (secondary N) is 1. The molecule has 8 heteroatoms. The normalized spacial score (nSPS) is 18.0. The zero-order valence-electron chi connectivity index (χ0n) is 15.5. The van der Waals surface area contributed by atoms with Crippen LogP contribution in [0.5, 0.6) is 0 Å². The minimum absolute atomic E-state index is 0.0840. The molecule has 2 aliphatic rings. The van der Waals surface area contributed by atoms with Gasteiger partial charge in [-0.15, -0.1) is 11.3 Å². The van der Waals surface area contributed by atoms with Crippen LogP contribution in [0.4, 0.5) is 0 Å². The van der Waals surface area contributed by atoms with Crippen LogP contribution in [0, 0.1) is 0 Å². The van der Waals surface area contributed by atoms with E-state index in [1.165, 1.54) is 16.9 Å². The van der Waals surface area contributed by atoms with E-state index < -0.39 is 12.2 Å². The molecule has 1 spiro atoms. The number of carbonyl (C=O) groups excluding carboxylic acids is 2. The van der Waals surface area contributed by atoms with E-state index in [4.69, 9.17) is 9.84 Å². The zero-order chi connectivity index (χ0) is 19.6. The lowest BCUT2D eigenvalue weighted by atomic mass is 9.85. The number of nitrogens with zero attached hydrogens (tertiary/aromatic N) is 2. The van der Waals surface area contributed by atoms with Crippen molar-refractivity contribution in [3.8, 4) is 0 Å². The number of aliphatic hydroxyl groups is 1. The predicted molar refractivity (Wildman–Crippen MR) is 104 cm³/mol.